The number of halogens is 1. The van der Waals surface area contributed by atoms with E-state index in [0.29, 0.717) is 0 Å². The van der Waals surface area contributed by atoms with E-state index in [1.165, 1.54) is 19.1 Å². The number of nitrogens with two attached hydrogens (primary N) is 1. The van der Waals surface area contributed by atoms with Gasteiger partial charge in [-0.2, -0.15) is 4.72 Å². The van der Waals surface area contributed by atoms with Crippen LogP contribution in [0.3, 0.4) is 0 Å². The van der Waals surface area contributed by atoms with Crippen LogP contribution in [0.5, 0.6) is 0 Å². The summed E-state index contributed by atoms with van der Waals surface area (Å²) in [6.07, 6.45) is 2.62. The molecule has 0 spiro atoms. The lowest BCUT2D eigenvalue weighted by molar-refractivity contribution is -0.123. The number of benzene rings is 1. The molecule has 0 saturated carbocycles. The topological polar surface area (TPSA) is 101 Å². The van der Waals surface area contributed by atoms with Gasteiger partial charge in [0, 0.05) is 12.6 Å². The SMILES string of the molecule is CCCCC(CN)NC(=O)C(C)NS(=O)(=O)c1ccccc1F. The lowest BCUT2D eigenvalue weighted by Crippen LogP contribution is -2.50. The number of carbonyl (C=O) groups excluding carboxylic acids is 1. The van der Waals surface area contributed by atoms with Crippen molar-refractivity contribution in [2.75, 3.05) is 6.54 Å². The molecule has 1 aromatic carbocycles. The van der Waals surface area contributed by atoms with Crippen LogP contribution in [-0.2, 0) is 14.8 Å². The van der Waals surface area contributed by atoms with Crippen molar-refractivity contribution in [3.8, 4) is 0 Å². The molecule has 4 N–H and O–H groups in total. The first-order valence-corrected chi connectivity index (χ1v) is 9.07. The molecule has 0 aromatic heterocycles. The molecule has 0 aliphatic rings. The quantitative estimate of drug-likeness (QED) is 0.624. The molecule has 2 unspecified atom stereocenters. The van der Waals surface area contributed by atoms with E-state index in [-0.39, 0.29) is 12.6 Å². The second-order valence-corrected chi connectivity index (χ2v) is 7.04. The van der Waals surface area contributed by atoms with Crippen LogP contribution in [0.1, 0.15) is 33.1 Å². The number of rotatable bonds is 9. The van der Waals surface area contributed by atoms with E-state index in [2.05, 4.69) is 10.0 Å². The van der Waals surface area contributed by atoms with Crippen LogP contribution in [0.25, 0.3) is 0 Å². The van der Waals surface area contributed by atoms with Gasteiger partial charge >= 0.3 is 0 Å². The molecule has 0 saturated heterocycles. The molecule has 6 nitrogen and oxygen atoms in total. The second-order valence-electron chi connectivity index (χ2n) is 5.36. The molecule has 2 atom stereocenters. The van der Waals surface area contributed by atoms with Gasteiger partial charge in [0.15, 0.2) is 0 Å². The zero-order valence-corrected chi connectivity index (χ0v) is 14.2. The Labute approximate surface area is 136 Å². The van der Waals surface area contributed by atoms with Gasteiger partial charge in [0.25, 0.3) is 0 Å². The number of carbonyl (C=O) groups is 1. The molecule has 8 heteroatoms. The predicted octanol–water partition coefficient (Wildman–Crippen LogP) is 1.13. The molecule has 0 aliphatic carbocycles. The zero-order valence-electron chi connectivity index (χ0n) is 13.4. The number of hydrogen-bond acceptors (Lipinski definition) is 4. The standard InChI is InChI=1S/C15H24FN3O3S/c1-3-4-7-12(10-17)18-15(20)11(2)19-23(21,22)14-9-6-5-8-13(14)16/h5-6,8-9,11-12,19H,3-4,7,10,17H2,1-2H3,(H,18,20). The van der Waals surface area contributed by atoms with Crippen LogP contribution in [0, 0.1) is 5.82 Å². The van der Waals surface area contributed by atoms with Gasteiger partial charge < -0.3 is 11.1 Å². The fourth-order valence-electron chi connectivity index (χ4n) is 2.04. The van der Waals surface area contributed by atoms with E-state index in [0.717, 1.165) is 31.4 Å². The lowest BCUT2D eigenvalue weighted by atomic mass is 10.1. The van der Waals surface area contributed by atoms with E-state index in [9.17, 15) is 17.6 Å². The third-order valence-electron chi connectivity index (χ3n) is 3.39. The number of amides is 1. The maximum Gasteiger partial charge on any atom is 0.244 e. The Morgan fingerprint density at radius 2 is 2.00 bits per heavy atom. The van der Waals surface area contributed by atoms with Gasteiger partial charge in [0.1, 0.15) is 10.7 Å². The van der Waals surface area contributed by atoms with Crippen LogP contribution >= 0.6 is 0 Å². The van der Waals surface area contributed by atoms with Crippen molar-refractivity contribution in [3.05, 3.63) is 30.1 Å². The van der Waals surface area contributed by atoms with Gasteiger partial charge in [-0.05, 0) is 25.5 Å². The molecular weight excluding hydrogens is 321 g/mol. The largest absolute Gasteiger partial charge is 0.351 e. The molecule has 0 fully saturated rings. The van der Waals surface area contributed by atoms with Crippen molar-refractivity contribution in [2.24, 2.45) is 5.73 Å². The van der Waals surface area contributed by atoms with Crippen LogP contribution in [0.2, 0.25) is 0 Å². The summed E-state index contributed by atoms with van der Waals surface area (Å²) >= 11 is 0. The van der Waals surface area contributed by atoms with E-state index < -0.39 is 32.7 Å². The molecule has 23 heavy (non-hydrogen) atoms. The summed E-state index contributed by atoms with van der Waals surface area (Å²) in [6, 6.07) is 3.76. The summed E-state index contributed by atoms with van der Waals surface area (Å²) in [4.78, 5) is 11.6. The molecule has 0 bridgehead atoms. The smallest absolute Gasteiger partial charge is 0.244 e. The van der Waals surface area contributed by atoms with Gasteiger partial charge in [-0.1, -0.05) is 31.9 Å². The monoisotopic (exact) mass is 345 g/mol. The molecule has 1 rings (SSSR count). The van der Waals surface area contributed by atoms with E-state index in [1.54, 1.807) is 0 Å². The highest BCUT2D eigenvalue weighted by atomic mass is 32.2. The minimum atomic E-state index is -4.11. The molecule has 0 heterocycles. The molecule has 1 aromatic rings. The normalized spacial score (nSPS) is 14.3. The van der Waals surface area contributed by atoms with Crippen LogP contribution in [0.4, 0.5) is 4.39 Å². The number of hydrogen-bond donors (Lipinski definition) is 3. The second kappa shape index (κ2) is 8.95. The van der Waals surface area contributed by atoms with E-state index >= 15 is 0 Å². The molecule has 1 amide bonds. The van der Waals surface area contributed by atoms with Gasteiger partial charge in [-0.15, -0.1) is 0 Å². The zero-order chi connectivity index (χ0) is 17.5. The third kappa shape index (κ3) is 5.89. The maximum absolute atomic E-state index is 13.6. The average molecular weight is 345 g/mol. The Bertz CT molecular complexity index is 622. The fourth-order valence-corrected chi connectivity index (χ4v) is 3.32. The maximum atomic E-state index is 13.6. The average Bonchev–Trinajstić information content (AvgIpc) is 2.50. The van der Waals surface area contributed by atoms with Gasteiger partial charge in [0.2, 0.25) is 15.9 Å². The minimum Gasteiger partial charge on any atom is -0.351 e. The van der Waals surface area contributed by atoms with Crippen molar-refractivity contribution in [3.63, 3.8) is 0 Å². The number of sulfonamides is 1. The predicted molar refractivity (Wildman–Crippen MR) is 86.7 cm³/mol. The van der Waals surface area contributed by atoms with Gasteiger partial charge in [-0.25, -0.2) is 12.8 Å². The molecule has 0 aliphatic heterocycles. The third-order valence-corrected chi connectivity index (χ3v) is 4.96. The highest BCUT2D eigenvalue weighted by Gasteiger charge is 2.25. The van der Waals surface area contributed by atoms with Crippen LogP contribution < -0.4 is 15.8 Å². The summed E-state index contributed by atoms with van der Waals surface area (Å²) in [7, 11) is -4.11. The number of unbranched alkanes of at least 4 members (excludes halogenated alkanes) is 1. The Balaban J connectivity index is 2.72. The first kappa shape index (κ1) is 19.5. The fraction of sp³-hybridized carbons (Fsp3) is 0.533. The van der Waals surface area contributed by atoms with E-state index in [4.69, 9.17) is 5.73 Å². The molecular formula is C15H24FN3O3S. The Hall–Kier alpha value is -1.51. The summed E-state index contributed by atoms with van der Waals surface area (Å²) in [5.41, 5.74) is 5.60. The van der Waals surface area contributed by atoms with E-state index in [1.807, 2.05) is 6.92 Å². The van der Waals surface area contributed by atoms with Gasteiger partial charge in [-0.3, -0.25) is 4.79 Å². The Kier molecular flexibility index (Phi) is 7.60. The van der Waals surface area contributed by atoms with Crippen molar-refractivity contribution in [1.29, 1.82) is 0 Å². The number of nitrogens with one attached hydrogen (secondary N) is 2. The first-order chi connectivity index (χ1) is 10.8. The summed E-state index contributed by atoms with van der Waals surface area (Å²) in [5.74, 6) is -1.35. The van der Waals surface area contributed by atoms with Crippen LogP contribution in [-0.4, -0.2) is 33.0 Å². The van der Waals surface area contributed by atoms with Crippen LogP contribution in [0.15, 0.2) is 29.2 Å². The Morgan fingerprint density at radius 1 is 1.35 bits per heavy atom. The lowest BCUT2D eigenvalue weighted by Gasteiger charge is -2.20. The van der Waals surface area contributed by atoms with Crippen molar-refractivity contribution in [2.45, 2.75) is 50.1 Å². The van der Waals surface area contributed by atoms with Crippen molar-refractivity contribution < 1.29 is 17.6 Å². The first-order valence-electron chi connectivity index (χ1n) is 7.59. The minimum absolute atomic E-state index is 0.206. The highest BCUT2D eigenvalue weighted by molar-refractivity contribution is 7.89. The summed E-state index contributed by atoms with van der Waals surface area (Å²) in [6.45, 7) is 3.71. The van der Waals surface area contributed by atoms with Crippen molar-refractivity contribution in [1.82, 2.24) is 10.0 Å². The molecule has 0 radical (unpaired) electrons. The van der Waals surface area contributed by atoms with Gasteiger partial charge in [0.05, 0.1) is 6.04 Å². The Morgan fingerprint density at radius 3 is 2.57 bits per heavy atom. The summed E-state index contributed by atoms with van der Waals surface area (Å²) in [5, 5.41) is 2.71. The molecule has 130 valence electrons. The van der Waals surface area contributed by atoms with Crippen molar-refractivity contribution >= 4 is 15.9 Å². The highest BCUT2D eigenvalue weighted by Crippen LogP contribution is 2.13. The summed E-state index contributed by atoms with van der Waals surface area (Å²) < 4.78 is 40.1.